The molecule has 0 atom stereocenters. The molecule has 138 valence electrons. The molecule has 0 bridgehead atoms. The summed E-state index contributed by atoms with van der Waals surface area (Å²) >= 11 is 7.81. The third kappa shape index (κ3) is 4.18. The third-order valence-corrected chi connectivity index (χ3v) is 5.36. The zero-order valence-corrected chi connectivity index (χ0v) is 16.4. The van der Waals surface area contributed by atoms with Gasteiger partial charge in [-0.25, -0.2) is 4.79 Å². The third-order valence-electron chi connectivity index (χ3n) is 3.71. The number of benzene rings is 2. The van der Waals surface area contributed by atoms with Gasteiger partial charge in [-0.1, -0.05) is 41.9 Å². The molecular weight excluding hydrogens is 384 g/mol. The maximum Gasteiger partial charge on any atom is 0.341 e. The lowest BCUT2D eigenvalue weighted by molar-refractivity contribution is -0.114. The summed E-state index contributed by atoms with van der Waals surface area (Å²) in [6.45, 7) is 3.36. The summed E-state index contributed by atoms with van der Waals surface area (Å²) in [5.41, 5.74) is 1.85. The van der Waals surface area contributed by atoms with E-state index in [0.717, 1.165) is 11.3 Å². The van der Waals surface area contributed by atoms with Gasteiger partial charge < -0.3 is 10.1 Å². The van der Waals surface area contributed by atoms with Crippen LogP contribution in [0.1, 0.15) is 29.8 Å². The van der Waals surface area contributed by atoms with Gasteiger partial charge in [0.2, 0.25) is 5.91 Å². The van der Waals surface area contributed by atoms with Crippen LogP contribution < -0.4 is 5.32 Å². The fourth-order valence-corrected chi connectivity index (χ4v) is 4.07. The average Bonchev–Trinajstić information content (AvgIpc) is 3.00. The van der Waals surface area contributed by atoms with E-state index in [-0.39, 0.29) is 12.5 Å². The van der Waals surface area contributed by atoms with Crippen LogP contribution in [0.2, 0.25) is 5.02 Å². The molecule has 1 heterocycles. The fraction of sp³-hybridized carbons (Fsp3) is 0.150. The van der Waals surface area contributed by atoms with Crippen molar-refractivity contribution in [2.75, 3.05) is 11.9 Å². The molecule has 0 unspecified atom stereocenters. The summed E-state index contributed by atoms with van der Waals surface area (Å²) < 4.78 is 5.83. The number of para-hydroxylation sites is 1. The number of carbonyl (C=O) groups excluding carboxylic acids is 2. The molecule has 3 aromatic rings. The Balaban J connectivity index is 2.08. The number of thiophene rings is 1. The molecule has 7 heteroatoms. The first-order valence-corrected chi connectivity index (χ1v) is 9.49. The van der Waals surface area contributed by atoms with Crippen molar-refractivity contribution in [1.82, 2.24) is 0 Å². The molecule has 2 aromatic carbocycles. The van der Waals surface area contributed by atoms with Crippen molar-refractivity contribution in [3.63, 3.8) is 0 Å². The SMILES string of the molecule is CCOC(=O)c1c(NC(C)=O)sc2c(Cl)c(C=Nc3ccccc3)ccc12. The Labute approximate surface area is 165 Å². The van der Waals surface area contributed by atoms with Gasteiger partial charge in [0.15, 0.2) is 0 Å². The minimum absolute atomic E-state index is 0.241. The van der Waals surface area contributed by atoms with Gasteiger partial charge in [-0.15, -0.1) is 11.3 Å². The molecule has 1 amide bonds. The maximum absolute atomic E-state index is 12.4. The van der Waals surface area contributed by atoms with Crippen LogP contribution in [0.25, 0.3) is 10.1 Å². The maximum atomic E-state index is 12.4. The number of anilines is 1. The number of hydrogen-bond acceptors (Lipinski definition) is 5. The fourth-order valence-electron chi connectivity index (χ4n) is 2.56. The highest BCUT2D eigenvalue weighted by atomic mass is 35.5. The molecule has 1 N–H and O–H groups in total. The van der Waals surface area contributed by atoms with Crippen LogP contribution in [0.3, 0.4) is 0 Å². The van der Waals surface area contributed by atoms with Gasteiger partial charge in [0.1, 0.15) is 10.6 Å². The number of halogens is 1. The van der Waals surface area contributed by atoms with Gasteiger partial charge in [-0.05, 0) is 19.1 Å². The van der Waals surface area contributed by atoms with E-state index in [1.54, 1.807) is 25.3 Å². The Morgan fingerprint density at radius 3 is 2.63 bits per heavy atom. The molecule has 1 aromatic heterocycles. The lowest BCUT2D eigenvalue weighted by atomic mass is 10.1. The number of amides is 1. The highest BCUT2D eigenvalue weighted by Crippen LogP contribution is 2.41. The highest BCUT2D eigenvalue weighted by Gasteiger charge is 2.23. The smallest absolute Gasteiger partial charge is 0.341 e. The molecule has 0 radical (unpaired) electrons. The second kappa shape index (κ2) is 8.33. The first-order valence-electron chi connectivity index (χ1n) is 8.30. The van der Waals surface area contributed by atoms with E-state index in [4.69, 9.17) is 16.3 Å². The van der Waals surface area contributed by atoms with E-state index in [1.165, 1.54) is 18.3 Å². The highest BCUT2D eigenvalue weighted by molar-refractivity contribution is 7.24. The Hall–Kier alpha value is -2.70. The van der Waals surface area contributed by atoms with Crippen LogP contribution in [0.4, 0.5) is 10.7 Å². The number of esters is 1. The Kier molecular flexibility index (Phi) is 5.88. The number of carbonyl (C=O) groups is 2. The van der Waals surface area contributed by atoms with E-state index in [1.807, 2.05) is 30.3 Å². The molecular formula is C20H17ClN2O3S. The van der Waals surface area contributed by atoms with E-state index < -0.39 is 5.97 Å². The van der Waals surface area contributed by atoms with E-state index in [0.29, 0.717) is 25.7 Å². The van der Waals surface area contributed by atoms with Gasteiger partial charge in [0.25, 0.3) is 0 Å². The van der Waals surface area contributed by atoms with Crippen molar-refractivity contribution in [3.8, 4) is 0 Å². The van der Waals surface area contributed by atoms with Crippen molar-refractivity contribution in [2.45, 2.75) is 13.8 Å². The molecule has 0 aliphatic carbocycles. The molecule has 0 saturated carbocycles. The summed E-state index contributed by atoms with van der Waals surface area (Å²) in [5, 5.41) is 4.23. The van der Waals surface area contributed by atoms with E-state index in [9.17, 15) is 9.59 Å². The largest absolute Gasteiger partial charge is 0.462 e. The molecule has 5 nitrogen and oxygen atoms in total. The minimum Gasteiger partial charge on any atom is -0.462 e. The zero-order valence-electron chi connectivity index (χ0n) is 14.8. The number of aliphatic imine (C=N–C) groups is 1. The summed E-state index contributed by atoms with van der Waals surface area (Å²) in [5.74, 6) is -0.761. The average molecular weight is 401 g/mol. The van der Waals surface area contributed by atoms with Crippen LogP contribution in [0, 0.1) is 0 Å². The van der Waals surface area contributed by atoms with Gasteiger partial charge in [-0.3, -0.25) is 9.79 Å². The number of fused-ring (bicyclic) bond motifs is 1. The Bertz CT molecular complexity index is 1030. The van der Waals surface area contributed by atoms with Crippen molar-refractivity contribution >= 4 is 61.8 Å². The normalized spacial score (nSPS) is 11.1. The molecule has 0 aliphatic rings. The van der Waals surface area contributed by atoms with Gasteiger partial charge in [0.05, 0.1) is 22.0 Å². The lowest BCUT2D eigenvalue weighted by Gasteiger charge is -2.05. The summed E-state index contributed by atoms with van der Waals surface area (Å²) in [4.78, 5) is 28.3. The molecule has 0 aliphatic heterocycles. The molecule has 0 fully saturated rings. The van der Waals surface area contributed by atoms with Crippen LogP contribution in [-0.4, -0.2) is 24.7 Å². The molecule has 3 rings (SSSR count). The zero-order chi connectivity index (χ0) is 19.4. The lowest BCUT2D eigenvalue weighted by Crippen LogP contribution is -2.10. The van der Waals surface area contributed by atoms with Gasteiger partial charge in [0, 0.05) is 24.1 Å². The summed E-state index contributed by atoms with van der Waals surface area (Å²) in [6.07, 6.45) is 1.68. The van der Waals surface area contributed by atoms with Crippen molar-refractivity contribution in [2.24, 2.45) is 4.99 Å². The number of ether oxygens (including phenoxy) is 1. The number of nitrogens with one attached hydrogen (secondary N) is 1. The minimum atomic E-state index is -0.491. The van der Waals surface area contributed by atoms with Crippen molar-refractivity contribution in [1.29, 1.82) is 0 Å². The predicted molar refractivity (Wildman–Crippen MR) is 111 cm³/mol. The van der Waals surface area contributed by atoms with Crippen molar-refractivity contribution in [3.05, 3.63) is 58.6 Å². The summed E-state index contributed by atoms with van der Waals surface area (Å²) in [6, 6.07) is 13.1. The Morgan fingerprint density at radius 2 is 1.96 bits per heavy atom. The first-order chi connectivity index (χ1) is 13.0. The van der Waals surface area contributed by atoms with E-state index in [2.05, 4.69) is 10.3 Å². The second-order valence-corrected chi connectivity index (χ2v) is 7.05. The van der Waals surface area contributed by atoms with Crippen LogP contribution >= 0.6 is 22.9 Å². The summed E-state index contributed by atoms with van der Waals surface area (Å²) in [7, 11) is 0. The monoisotopic (exact) mass is 400 g/mol. The van der Waals surface area contributed by atoms with Crippen LogP contribution in [0.5, 0.6) is 0 Å². The number of rotatable bonds is 5. The van der Waals surface area contributed by atoms with E-state index >= 15 is 0 Å². The quantitative estimate of drug-likeness (QED) is 0.458. The predicted octanol–water partition coefficient (Wildman–Crippen LogP) is 5.44. The van der Waals surface area contributed by atoms with Crippen LogP contribution in [0.15, 0.2) is 47.5 Å². The van der Waals surface area contributed by atoms with Crippen molar-refractivity contribution < 1.29 is 14.3 Å². The standard InChI is InChI=1S/C20H17ClN2O3S/c1-3-26-20(25)16-15-10-9-13(11-22-14-7-5-4-6-8-14)17(21)18(15)27-19(16)23-12(2)24/h4-11H,3H2,1-2H3,(H,23,24). The Morgan fingerprint density at radius 1 is 1.22 bits per heavy atom. The number of hydrogen-bond donors (Lipinski definition) is 1. The second-order valence-electron chi connectivity index (χ2n) is 5.65. The van der Waals surface area contributed by atoms with Crippen LogP contribution in [-0.2, 0) is 9.53 Å². The van der Waals surface area contributed by atoms with Gasteiger partial charge in [-0.2, -0.15) is 0 Å². The number of nitrogens with zero attached hydrogens (tertiary/aromatic N) is 1. The molecule has 0 spiro atoms. The van der Waals surface area contributed by atoms with Gasteiger partial charge >= 0.3 is 5.97 Å². The first kappa shape index (κ1) is 19.1. The molecule has 27 heavy (non-hydrogen) atoms. The molecule has 0 saturated heterocycles. The topological polar surface area (TPSA) is 67.8 Å².